The van der Waals surface area contributed by atoms with Crippen LogP contribution in [0, 0.1) is 6.92 Å². The Morgan fingerprint density at radius 2 is 1.44 bits per heavy atom. The van der Waals surface area contributed by atoms with Crippen molar-refractivity contribution in [1.29, 1.82) is 0 Å². The highest BCUT2D eigenvalue weighted by Crippen LogP contribution is 2.24. The van der Waals surface area contributed by atoms with Crippen molar-refractivity contribution in [3.05, 3.63) is 90.0 Å². The minimum atomic E-state index is -0.669. The predicted octanol–water partition coefficient (Wildman–Crippen LogP) is 5.22. The number of carbonyl (C=O) groups is 1. The number of ether oxygens (including phenoxy) is 2. The van der Waals surface area contributed by atoms with Gasteiger partial charge >= 0.3 is 5.97 Å². The summed E-state index contributed by atoms with van der Waals surface area (Å²) in [6.45, 7) is 4.21. The number of benzene rings is 3. The standard InChI is InChI=1S/C24H24O3/c1-3-26-24(25)23(17-19-7-5-4-6-8-19)27-22-15-13-21(14-16-22)20-11-9-18(2)10-12-20/h4-16,23H,3,17H2,1-2H3/t23-/m0/s1. The van der Waals surface area contributed by atoms with E-state index in [1.165, 1.54) is 5.56 Å². The maximum Gasteiger partial charge on any atom is 0.347 e. The topological polar surface area (TPSA) is 35.5 Å². The quantitative estimate of drug-likeness (QED) is 0.542. The molecule has 0 bridgehead atoms. The zero-order chi connectivity index (χ0) is 19.1. The molecule has 3 nitrogen and oxygen atoms in total. The van der Waals surface area contributed by atoms with Gasteiger partial charge in [-0.05, 0) is 42.7 Å². The molecule has 0 heterocycles. The highest BCUT2D eigenvalue weighted by molar-refractivity contribution is 5.75. The first kappa shape index (κ1) is 18.7. The lowest BCUT2D eigenvalue weighted by Gasteiger charge is -2.18. The van der Waals surface area contributed by atoms with Crippen LogP contribution in [0.15, 0.2) is 78.9 Å². The molecular formula is C24H24O3. The van der Waals surface area contributed by atoms with E-state index in [9.17, 15) is 4.79 Å². The molecule has 3 aromatic rings. The average molecular weight is 360 g/mol. The molecule has 138 valence electrons. The predicted molar refractivity (Wildman–Crippen MR) is 108 cm³/mol. The molecule has 3 rings (SSSR count). The summed E-state index contributed by atoms with van der Waals surface area (Å²) in [5.74, 6) is 0.309. The third-order valence-electron chi connectivity index (χ3n) is 4.33. The van der Waals surface area contributed by atoms with Crippen molar-refractivity contribution in [2.24, 2.45) is 0 Å². The van der Waals surface area contributed by atoms with Gasteiger partial charge in [0, 0.05) is 6.42 Å². The maximum atomic E-state index is 12.3. The van der Waals surface area contributed by atoms with Crippen molar-refractivity contribution >= 4 is 5.97 Å². The van der Waals surface area contributed by atoms with Crippen LogP contribution in [0.1, 0.15) is 18.1 Å². The van der Waals surface area contributed by atoms with Gasteiger partial charge in [0.1, 0.15) is 5.75 Å². The second-order valence-corrected chi connectivity index (χ2v) is 6.44. The first-order chi connectivity index (χ1) is 13.2. The average Bonchev–Trinajstić information content (AvgIpc) is 2.70. The first-order valence-electron chi connectivity index (χ1n) is 9.20. The highest BCUT2D eigenvalue weighted by Gasteiger charge is 2.22. The van der Waals surface area contributed by atoms with Gasteiger partial charge in [0.05, 0.1) is 6.61 Å². The smallest absolute Gasteiger partial charge is 0.347 e. The molecule has 0 spiro atoms. The fourth-order valence-electron chi connectivity index (χ4n) is 2.87. The maximum absolute atomic E-state index is 12.3. The van der Waals surface area contributed by atoms with Crippen LogP contribution in [-0.4, -0.2) is 18.7 Å². The minimum Gasteiger partial charge on any atom is -0.478 e. The molecule has 27 heavy (non-hydrogen) atoms. The van der Waals surface area contributed by atoms with Crippen LogP contribution in [-0.2, 0) is 16.0 Å². The summed E-state index contributed by atoms with van der Waals surface area (Å²) < 4.78 is 11.2. The number of carbonyl (C=O) groups excluding carboxylic acids is 1. The fourth-order valence-corrected chi connectivity index (χ4v) is 2.87. The summed E-state index contributed by atoms with van der Waals surface area (Å²) >= 11 is 0. The van der Waals surface area contributed by atoms with Crippen LogP contribution >= 0.6 is 0 Å². The first-order valence-corrected chi connectivity index (χ1v) is 9.20. The van der Waals surface area contributed by atoms with E-state index in [2.05, 4.69) is 31.2 Å². The van der Waals surface area contributed by atoms with Gasteiger partial charge in [-0.3, -0.25) is 0 Å². The van der Waals surface area contributed by atoms with Gasteiger partial charge in [0.15, 0.2) is 6.10 Å². The van der Waals surface area contributed by atoms with Crippen molar-refractivity contribution in [1.82, 2.24) is 0 Å². The largest absolute Gasteiger partial charge is 0.478 e. The molecule has 0 aliphatic heterocycles. The molecule has 0 aliphatic carbocycles. The molecule has 0 radical (unpaired) electrons. The van der Waals surface area contributed by atoms with Gasteiger partial charge < -0.3 is 9.47 Å². The lowest BCUT2D eigenvalue weighted by atomic mass is 10.0. The summed E-state index contributed by atoms with van der Waals surface area (Å²) in [6.07, 6.45) is -0.197. The van der Waals surface area contributed by atoms with Crippen molar-refractivity contribution in [2.75, 3.05) is 6.61 Å². The van der Waals surface area contributed by atoms with E-state index in [-0.39, 0.29) is 5.97 Å². The summed E-state index contributed by atoms with van der Waals surface area (Å²) in [5, 5.41) is 0. The molecule has 0 amide bonds. The number of hydrogen-bond donors (Lipinski definition) is 0. The van der Waals surface area contributed by atoms with Gasteiger partial charge in [0.2, 0.25) is 0 Å². The molecule has 0 saturated heterocycles. The molecule has 0 aliphatic rings. The second-order valence-electron chi connectivity index (χ2n) is 6.44. The van der Waals surface area contributed by atoms with Crippen LogP contribution < -0.4 is 4.74 Å². The fraction of sp³-hybridized carbons (Fsp3) is 0.208. The molecular weight excluding hydrogens is 336 g/mol. The molecule has 0 saturated carbocycles. The lowest BCUT2D eigenvalue weighted by molar-refractivity contribution is -0.151. The number of rotatable bonds is 7. The summed E-state index contributed by atoms with van der Waals surface area (Å²) in [5.41, 5.74) is 4.53. The van der Waals surface area contributed by atoms with Crippen LogP contribution in [0.4, 0.5) is 0 Å². The Morgan fingerprint density at radius 1 is 0.852 bits per heavy atom. The van der Waals surface area contributed by atoms with E-state index in [0.29, 0.717) is 18.8 Å². The van der Waals surface area contributed by atoms with Crippen molar-refractivity contribution in [3.63, 3.8) is 0 Å². The van der Waals surface area contributed by atoms with Crippen LogP contribution in [0.5, 0.6) is 5.75 Å². The monoisotopic (exact) mass is 360 g/mol. The van der Waals surface area contributed by atoms with Crippen molar-refractivity contribution < 1.29 is 14.3 Å². The minimum absolute atomic E-state index is 0.333. The Kier molecular flexibility index (Phi) is 6.26. The van der Waals surface area contributed by atoms with Crippen LogP contribution in [0.2, 0.25) is 0 Å². The Balaban J connectivity index is 1.74. The van der Waals surface area contributed by atoms with Gasteiger partial charge in [0.25, 0.3) is 0 Å². The van der Waals surface area contributed by atoms with Crippen molar-refractivity contribution in [3.8, 4) is 16.9 Å². The summed E-state index contributed by atoms with van der Waals surface area (Å²) in [6, 6.07) is 26.0. The Morgan fingerprint density at radius 3 is 2.04 bits per heavy atom. The summed E-state index contributed by atoms with van der Waals surface area (Å²) in [4.78, 5) is 12.3. The van der Waals surface area contributed by atoms with Gasteiger partial charge in [-0.2, -0.15) is 0 Å². The SMILES string of the molecule is CCOC(=O)[C@H](Cc1ccccc1)Oc1ccc(-c2ccc(C)cc2)cc1. The Labute approximate surface area is 160 Å². The Hall–Kier alpha value is -3.07. The van der Waals surface area contributed by atoms with E-state index in [0.717, 1.165) is 16.7 Å². The molecule has 0 N–H and O–H groups in total. The van der Waals surface area contributed by atoms with Gasteiger partial charge in [-0.25, -0.2) is 4.79 Å². The molecule has 3 heteroatoms. The summed E-state index contributed by atoms with van der Waals surface area (Å²) in [7, 11) is 0. The number of aryl methyl sites for hydroxylation is 1. The van der Waals surface area contributed by atoms with Gasteiger partial charge in [-0.1, -0.05) is 72.3 Å². The van der Waals surface area contributed by atoms with E-state index < -0.39 is 6.10 Å². The van der Waals surface area contributed by atoms with Crippen molar-refractivity contribution in [2.45, 2.75) is 26.4 Å². The zero-order valence-electron chi connectivity index (χ0n) is 15.7. The molecule has 0 fully saturated rings. The zero-order valence-corrected chi connectivity index (χ0v) is 15.7. The van der Waals surface area contributed by atoms with E-state index in [1.807, 2.05) is 54.6 Å². The number of hydrogen-bond acceptors (Lipinski definition) is 3. The van der Waals surface area contributed by atoms with Gasteiger partial charge in [-0.15, -0.1) is 0 Å². The third-order valence-corrected chi connectivity index (χ3v) is 4.33. The third kappa shape index (κ3) is 5.20. The van der Waals surface area contributed by atoms with Crippen LogP contribution in [0.25, 0.3) is 11.1 Å². The van der Waals surface area contributed by atoms with E-state index in [4.69, 9.17) is 9.47 Å². The van der Waals surface area contributed by atoms with E-state index in [1.54, 1.807) is 6.92 Å². The molecule has 0 unspecified atom stereocenters. The molecule has 3 aromatic carbocycles. The van der Waals surface area contributed by atoms with E-state index >= 15 is 0 Å². The van der Waals surface area contributed by atoms with Crippen LogP contribution in [0.3, 0.4) is 0 Å². The lowest BCUT2D eigenvalue weighted by Crippen LogP contribution is -2.31. The normalized spacial score (nSPS) is 11.6. The Bertz CT molecular complexity index is 852. The second kappa shape index (κ2) is 9.04. The highest BCUT2D eigenvalue weighted by atomic mass is 16.6. The molecule has 1 atom stereocenters. The number of esters is 1. The molecule has 0 aromatic heterocycles.